The second-order valence-corrected chi connectivity index (χ2v) is 10.5. The van der Waals surface area contributed by atoms with E-state index in [-0.39, 0.29) is 11.5 Å². The van der Waals surface area contributed by atoms with Gasteiger partial charge in [-0.25, -0.2) is 0 Å². The van der Waals surface area contributed by atoms with Crippen LogP contribution in [0.5, 0.6) is 0 Å². The molecule has 40 heavy (non-hydrogen) atoms. The van der Waals surface area contributed by atoms with Crippen LogP contribution in [-0.4, -0.2) is 26.4 Å². The molecule has 0 radical (unpaired) electrons. The minimum atomic E-state index is -0.0340. The Bertz CT molecular complexity index is 1780. The molecule has 0 fully saturated rings. The van der Waals surface area contributed by atoms with Crippen molar-refractivity contribution in [3.8, 4) is 22.5 Å². The van der Waals surface area contributed by atoms with Gasteiger partial charge < -0.3 is 19.3 Å². The predicted octanol–water partition coefficient (Wildman–Crippen LogP) is 6.55. The van der Waals surface area contributed by atoms with E-state index in [9.17, 15) is 9.59 Å². The van der Waals surface area contributed by atoms with Crippen molar-refractivity contribution in [1.82, 2.24) is 19.3 Å². The first-order valence-corrected chi connectivity index (χ1v) is 14.1. The zero-order valence-corrected chi connectivity index (χ0v) is 24.3. The van der Waals surface area contributed by atoms with Crippen LogP contribution in [0.3, 0.4) is 0 Å². The molecule has 0 spiro atoms. The van der Waals surface area contributed by atoms with Crippen molar-refractivity contribution < 1.29 is 4.79 Å². The highest BCUT2D eigenvalue weighted by atomic mass is 16.2. The Labute approximate surface area is 235 Å². The first-order chi connectivity index (χ1) is 19.3. The van der Waals surface area contributed by atoms with Gasteiger partial charge in [-0.15, -0.1) is 0 Å². The number of carbonyl (C=O) groups is 1. The minimum absolute atomic E-state index is 0.0340. The minimum Gasteiger partial charge on any atom is -0.349 e. The number of aromatic amines is 1. The molecule has 206 valence electrons. The van der Waals surface area contributed by atoms with Crippen LogP contribution >= 0.6 is 0 Å². The summed E-state index contributed by atoms with van der Waals surface area (Å²) < 4.78 is 4.20. The fourth-order valence-electron chi connectivity index (χ4n) is 6.06. The molecular weight excluding hydrogens is 496 g/mol. The Hall–Kier alpha value is -4.32. The molecule has 6 heteroatoms. The maximum atomic E-state index is 12.1. The molecule has 1 amide bonds. The Balaban J connectivity index is 0.000000161. The van der Waals surface area contributed by atoms with E-state index in [2.05, 4.69) is 91.1 Å². The second-order valence-electron chi connectivity index (χ2n) is 10.5. The Kier molecular flexibility index (Phi) is 7.53. The molecule has 3 aromatic heterocycles. The van der Waals surface area contributed by atoms with Crippen molar-refractivity contribution in [2.45, 2.75) is 60.9 Å². The van der Waals surface area contributed by atoms with E-state index in [0.29, 0.717) is 6.54 Å². The molecule has 0 unspecified atom stereocenters. The van der Waals surface area contributed by atoms with E-state index in [1.54, 1.807) is 6.20 Å². The van der Waals surface area contributed by atoms with Gasteiger partial charge >= 0.3 is 0 Å². The van der Waals surface area contributed by atoms with E-state index in [4.69, 9.17) is 0 Å². The van der Waals surface area contributed by atoms with Gasteiger partial charge in [0.25, 0.3) is 11.5 Å². The number of amides is 1. The van der Waals surface area contributed by atoms with Gasteiger partial charge in [-0.05, 0) is 73.9 Å². The molecule has 6 rings (SSSR count). The van der Waals surface area contributed by atoms with E-state index < -0.39 is 0 Å². The summed E-state index contributed by atoms with van der Waals surface area (Å²) in [4.78, 5) is 27.0. The smallest absolute Gasteiger partial charge is 0.272 e. The number of benzene rings is 2. The summed E-state index contributed by atoms with van der Waals surface area (Å²) in [5.41, 5.74) is 13.5. The highest BCUT2D eigenvalue weighted by Crippen LogP contribution is 2.34. The van der Waals surface area contributed by atoms with Gasteiger partial charge in [0, 0.05) is 36.6 Å². The SMILES string of the molecule is CCc1ccccc1-c1c(C)c(C)c2c(=O)[nH]ccn12.CCc1ccccc1-c1c(C)c(C)c2n1CCNC2=O. The van der Waals surface area contributed by atoms with Crippen LogP contribution in [0.4, 0.5) is 0 Å². The zero-order chi connectivity index (χ0) is 28.6. The molecule has 2 aromatic carbocycles. The van der Waals surface area contributed by atoms with Crippen LogP contribution in [0.25, 0.3) is 28.0 Å². The zero-order valence-electron chi connectivity index (χ0n) is 24.3. The van der Waals surface area contributed by atoms with E-state index in [1.165, 1.54) is 39.1 Å². The molecule has 0 saturated heterocycles. The largest absolute Gasteiger partial charge is 0.349 e. The standard InChI is InChI=1S/C17H20N2O.C17H18N2O/c2*1-4-13-7-5-6-8-14(13)15-11(2)12(3)16-17(20)18-9-10-19(15)16/h5-8H,4,9-10H2,1-3H3,(H,18,20);5-10H,4H2,1-3H3,(H,18,20). The molecule has 1 aliphatic rings. The van der Waals surface area contributed by atoms with Crippen molar-refractivity contribution >= 4 is 11.4 Å². The Morgan fingerprint density at radius 3 is 1.90 bits per heavy atom. The quantitative estimate of drug-likeness (QED) is 0.274. The number of aromatic nitrogens is 3. The van der Waals surface area contributed by atoms with Gasteiger partial charge in [0.1, 0.15) is 11.2 Å². The summed E-state index contributed by atoms with van der Waals surface area (Å²) in [6, 6.07) is 16.9. The third-order valence-electron chi connectivity index (χ3n) is 8.36. The third kappa shape index (κ3) is 4.47. The molecule has 0 aliphatic carbocycles. The number of hydrogen-bond acceptors (Lipinski definition) is 2. The fourth-order valence-corrected chi connectivity index (χ4v) is 6.06. The van der Waals surface area contributed by atoms with Crippen molar-refractivity contribution in [2.75, 3.05) is 6.54 Å². The molecule has 4 heterocycles. The van der Waals surface area contributed by atoms with Crippen LogP contribution in [0.1, 0.15) is 57.7 Å². The Morgan fingerprint density at radius 2 is 1.27 bits per heavy atom. The Morgan fingerprint density at radius 1 is 0.725 bits per heavy atom. The number of fused-ring (bicyclic) bond motifs is 2. The number of aryl methyl sites for hydroxylation is 3. The number of carbonyl (C=O) groups excluding carboxylic acids is 1. The lowest BCUT2D eigenvalue weighted by Gasteiger charge is -2.20. The van der Waals surface area contributed by atoms with Crippen LogP contribution in [0, 0.1) is 27.7 Å². The summed E-state index contributed by atoms with van der Waals surface area (Å²) in [6.45, 7) is 14.2. The summed E-state index contributed by atoms with van der Waals surface area (Å²) in [7, 11) is 0. The van der Waals surface area contributed by atoms with Crippen LogP contribution < -0.4 is 10.9 Å². The predicted molar refractivity (Wildman–Crippen MR) is 163 cm³/mol. The lowest BCUT2D eigenvalue weighted by atomic mass is 9.99. The van der Waals surface area contributed by atoms with Gasteiger partial charge in [0.05, 0.1) is 11.4 Å². The molecule has 0 atom stereocenters. The van der Waals surface area contributed by atoms with Gasteiger partial charge in [-0.2, -0.15) is 0 Å². The highest BCUT2D eigenvalue weighted by molar-refractivity contribution is 5.97. The summed E-state index contributed by atoms with van der Waals surface area (Å²) >= 11 is 0. The number of H-pyrrole nitrogens is 1. The van der Waals surface area contributed by atoms with Crippen LogP contribution in [-0.2, 0) is 19.4 Å². The first kappa shape index (κ1) is 27.3. The first-order valence-electron chi connectivity index (χ1n) is 14.1. The molecular formula is C34H38N4O2. The summed E-state index contributed by atoms with van der Waals surface area (Å²) in [5, 5.41) is 2.94. The monoisotopic (exact) mass is 534 g/mol. The molecule has 0 bridgehead atoms. The fraction of sp³-hybridized carbons (Fsp3) is 0.294. The molecule has 0 saturated carbocycles. The van der Waals surface area contributed by atoms with Crippen molar-refractivity contribution in [3.63, 3.8) is 0 Å². The topological polar surface area (TPSA) is 71.3 Å². The third-order valence-corrected chi connectivity index (χ3v) is 8.36. The van der Waals surface area contributed by atoms with Crippen molar-refractivity contribution in [3.05, 3.63) is 110 Å². The second kappa shape index (κ2) is 11.0. The van der Waals surface area contributed by atoms with E-state index in [1.807, 2.05) is 24.4 Å². The van der Waals surface area contributed by atoms with Gasteiger partial charge in [-0.1, -0.05) is 62.4 Å². The van der Waals surface area contributed by atoms with Gasteiger partial charge in [0.2, 0.25) is 0 Å². The van der Waals surface area contributed by atoms with Gasteiger partial charge in [0.15, 0.2) is 0 Å². The number of rotatable bonds is 4. The average molecular weight is 535 g/mol. The molecule has 6 nitrogen and oxygen atoms in total. The van der Waals surface area contributed by atoms with Crippen LogP contribution in [0.2, 0.25) is 0 Å². The molecule has 5 aromatic rings. The van der Waals surface area contributed by atoms with Gasteiger partial charge in [-0.3, -0.25) is 9.59 Å². The molecule has 2 N–H and O–H groups in total. The maximum Gasteiger partial charge on any atom is 0.272 e. The van der Waals surface area contributed by atoms with E-state index in [0.717, 1.165) is 47.4 Å². The number of nitrogens with one attached hydrogen (secondary N) is 2. The van der Waals surface area contributed by atoms with Crippen molar-refractivity contribution in [2.24, 2.45) is 0 Å². The van der Waals surface area contributed by atoms with Crippen LogP contribution in [0.15, 0.2) is 65.7 Å². The van der Waals surface area contributed by atoms with Crippen molar-refractivity contribution in [1.29, 1.82) is 0 Å². The summed E-state index contributed by atoms with van der Waals surface area (Å²) in [6.07, 6.45) is 5.61. The lowest BCUT2D eigenvalue weighted by molar-refractivity contribution is 0.0927. The number of nitrogens with zero attached hydrogens (tertiary/aromatic N) is 2. The highest BCUT2D eigenvalue weighted by Gasteiger charge is 2.26. The molecule has 1 aliphatic heterocycles. The lowest BCUT2D eigenvalue weighted by Crippen LogP contribution is -2.35. The number of hydrogen-bond donors (Lipinski definition) is 2. The average Bonchev–Trinajstić information content (AvgIpc) is 3.38. The summed E-state index contributed by atoms with van der Waals surface area (Å²) in [5.74, 6) is 0.0529. The maximum absolute atomic E-state index is 12.1. The van der Waals surface area contributed by atoms with E-state index >= 15 is 0 Å². The normalized spacial score (nSPS) is 12.6.